The average Bonchev–Trinajstić information content (AvgIpc) is 2.21. The van der Waals surface area contributed by atoms with E-state index in [1.165, 1.54) is 0 Å². The van der Waals surface area contributed by atoms with Crippen LogP contribution in [-0.4, -0.2) is 29.1 Å². The molecule has 1 aromatic rings. The largest absolute Gasteiger partial charge is 0.480 e. The maximum absolute atomic E-state index is 10.8. The van der Waals surface area contributed by atoms with Gasteiger partial charge in [0.2, 0.25) is 0 Å². The molecule has 1 unspecified atom stereocenters. The van der Waals surface area contributed by atoms with Gasteiger partial charge < -0.3 is 10.4 Å². The van der Waals surface area contributed by atoms with E-state index in [-0.39, 0.29) is 0 Å². The zero-order valence-electron chi connectivity index (χ0n) is 9.03. The topological polar surface area (TPSA) is 62.2 Å². The summed E-state index contributed by atoms with van der Waals surface area (Å²) in [5.74, 6) is -0.806. The minimum absolute atomic E-state index is 0.482. The number of aromatic nitrogens is 1. The molecule has 0 amide bonds. The predicted molar refractivity (Wildman–Crippen MR) is 57.8 cm³/mol. The first kappa shape index (κ1) is 11.7. The molecule has 0 aliphatic rings. The number of hydrogen-bond donors (Lipinski definition) is 2. The fraction of sp³-hybridized carbons (Fsp3) is 0.455. The van der Waals surface area contributed by atoms with Gasteiger partial charge in [0.15, 0.2) is 0 Å². The van der Waals surface area contributed by atoms with Crippen molar-refractivity contribution in [2.24, 2.45) is 0 Å². The highest BCUT2D eigenvalue weighted by molar-refractivity contribution is 5.73. The van der Waals surface area contributed by atoms with E-state index in [4.69, 9.17) is 5.11 Å². The maximum atomic E-state index is 10.8. The number of rotatable bonds is 5. The van der Waals surface area contributed by atoms with E-state index in [1.54, 1.807) is 19.4 Å². The van der Waals surface area contributed by atoms with Gasteiger partial charge in [-0.25, -0.2) is 0 Å². The second-order valence-corrected chi connectivity index (χ2v) is 3.52. The van der Waals surface area contributed by atoms with E-state index >= 15 is 0 Å². The van der Waals surface area contributed by atoms with Crippen molar-refractivity contribution >= 4 is 5.97 Å². The van der Waals surface area contributed by atoms with E-state index in [1.807, 2.05) is 13.0 Å². The molecule has 0 saturated heterocycles. The van der Waals surface area contributed by atoms with Crippen LogP contribution in [0.4, 0.5) is 0 Å². The van der Waals surface area contributed by atoms with Crippen molar-refractivity contribution in [3.05, 3.63) is 29.6 Å². The Morgan fingerprint density at radius 2 is 2.40 bits per heavy atom. The van der Waals surface area contributed by atoms with E-state index < -0.39 is 12.0 Å². The van der Waals surface area contributed by atoms with Gasteiger partial charge in [0.05, 0.1) is 0 Å². The lowest BCUT2D eigenvalue weighted by Crippen LogP contribution is -2.34. The summed E-state index contributed by atoms with van der Waals surface area (Å²) in [6, 6.07) is 1.45. The third kappa shape index (κ3) is 3.32. The number of nitrogens with one attached hydrogen (secondary N) is 1. The highest BCUT2D eigenvalue weighted by atomic mass is 16.4. The predicted octanol–water partition coefficient (Wildman–Crippen LogP) is 0.995. The monoisotopic (exact) mass is 208 g/mol. The zero-order valence-corrected chi connectivity index (χ0v) is 9.03. The molecule has 4 heteroatoms. The van der Waals surface area contributed by atoms with Crippen LogP contribution in [-0.2, 0) is 11.2 Å². The van der Waals surface area contributed by atoms with Gasteiger partial charge in [0, 0.05) is 12.4 Å². The van der Waals surface area contributed by atoms with E-state index in [2.05, 4.69) is 10.3 Å². The van der Waals surface area contributed by atoms with Crippen LogP contribution in [0.2, 0.25) is 0 Å². The Labute approximate surface area is 89.3 Å². The lowest BCUT2D eigenvalue weighted by molar-refractivity contribution is -0.139. The third-order valence-corrected chi connectivity index (χ3v) is 2.50. The van der Waals surface area contributed by atoms with Crippen molar-refractivity contribution in [1.82, 2.24) is 10.3 Å². The first-order valence-corrected chi connectivity index (χ1v) is 4.94. The molecule has 0 aliphatic carbocycles. The number of likely N-dealkylation sites (N-methyl/N-ethyl adjacent to an activating group) is 1. The molecule has 0 aliphatic heterocycles. The third-order valence-electron chi connectivity index (χ3n) is 2.50. The highest BCUT2D eigenvalue weighted by Crippen LogP contribution is 2.09. The molecule has 0 fully saturated rings. The second kappa shape index (κ2) is 5.46. The molecule has 1 atom stereocenters. The number of aliphatic carboxylic acids is 1. The van der Waals surface area contributed by atoms with Gasteiger partial charge in [-0.15, -0.1) is 0 Å². The summed E-state index contributed by atoms with van der Waals surface area (Å²) in [6.07, 6.45) is 4.85. The summed E-state index contributed by atoms with van der Waals surface area (Å²) >= 11 is 0. The Kier molecular flexibility index (Phi) is 4.24. The Morgan fingerprint density at radius 1 is 1.67 bits per heavy atom. The zero-order chi connectivity index (χ0) is 11.3. The van der Waals surface area contributed by atoms with Crippen molar-refractivity contribution in [2.75, 3.05) is 7.05 Å². The summed E-state index contributed by atoms with van der Waals surface area (Å²) in [5, 5.41) is 11.6. The molecule has 0 spiro atoms. The van der Waals surface area contributed by atoms with Crippen LogP contribution in [0.1, 0.15) is 17.5 Å². The number of carbonyl (C=O) groups is 1. The number of pyridine rings is 1. The standard InChI is InChI=1S/C11H16N2O2/c1-8-5-6-13-7-9(8)3-4-10(12-2)11(14)15/h5-7,10,12H,3-4H2,1-2H3,(H,14,15). The lowest BCUT2D eigenvalue weighted by Gasteiger charge is -2.11. The van der Waals surface area contributed by atoms with Crippen LogP contribution in [0.15, 0.2) is 18.5 Å². The minimum atomic E-state index is -0.806. The van der Waals surface area contributed by atoms with E-state index in [0.29, 0.717) is 6.42 Å². The van der Waals surface area contributed by atoms with Crippen LogP contribution in [0.3, 0.4) is 0 Å². The van der Waals surface area contributed by atoms with Crippen molar-refractivity contribution in [2.45, 2.75) is 25.8 Å². The smallest absolute Gasteiger partial charge is 0.320 e. The average molecular weight is 208 g/mol. The number of carboxylic acid groups (broad SMARTS) is 1. The summed E-state index contributed by atoms with van der Waals surface area (Å²) in [4.78, 5) is 14.8. The molecule has 82 valence electrons. The van der Waals surface area contributed by atoms with Gasteiger partial charge >= 0.3 is 5.97 Å². The first-order valence-electron chi connectivity index (χ1n) is 4.94. The summed E-state index contributed by atoms with van der Waals surface area (Å²) in [6.45, 7) is 2.01. The molecule has 2 N–H and O–H groups in total. The SMILES string of the molecule is CNC(CCc1cnccc1C)C(=O)O. The fourth-order valence-corrected chi connectivity index (χ4v) is 1.45. The molecule has 0 aromatic carbocycles. The number of aryl methyl sites for hydroxylation is 2. The molecule has 1 aromatic heterocycles. The van der Waals surface area contributed by atoms with Crippen molar-refractivity contribution in [3.8, 4) is 0 Å². The van der Waals surface area contributed by atoms with Crippen LogP contribution >= 0.6 is 0 Å². The van der Waals surface area contributed by atoms with Crippen LogP contribution < -0.4 is 5.32 Å². The fourth-order valence-electron chi connectivity index (χ4n) is 1.45. The van der Waals surface area contributed by atoms with Gasteiger partial charge in [-0.2, -0.15) is 0 Å². The normalized spacial score (nSPS) is 12.4. The Hall–Kier alpha value is -1.42. The molecule has 1 heterocycles. The summed E-state index contributed by atoms with van der Waals surface area (Å²) in [5.41, 5.74) is 2.27. The van der Waals surface area contributed by atoms with E-state index in [9.17, 15) is 4.79 Å². The van der Waals surface area contributed by atoms with Gasteiger partial charge in [0.1, 0.15) is 6.04 Å². The molecule has 4 nitrogen and oxygen atoms in total. The number of hydrogen-bond acceptors (Lipinski definition) is 3. The number of carboxylic acids is 1. The lowest BCUT2D eigenvalue weighted by atomic mass is 10.0. The van der Waals surface area contributed by atoms with Crippen molar-refractivity contribution in [3.63, 3.8) is 0 Å². The molecule has 1 rings (SSSR count). The van der Waals surface area contributed by atoms with Crippen molar-refractivity contribution in [1.29, 1.82) is 0 Å². The molecular weight excluding hydrogens is 192 g/mol. The Morgan fingerprint density at radius 3 is 2.93 bits per heavy atom. The summed E-state index contributed by atoms with van der Waals surface area (Å²) in [7, 11) is 1.66. The van der Waals surface area contributed by atoms with Crippen LogP contribution in [0.25, 0.3) is 0 Å². The maximum Gasteiger partial charge on any atom is 0.320 e. The Balaban J connectivity index is 2.56. The van der Waals surface area contributed by atoms with Crippen LogP contribution in [0.5, 0.6) is 0 Å². The quantitative estimate of drug-likeness (QED) is 0.757. The van der Waals surface area contributed by atoms with Gasteiger partial charge in [-0.3, -0.25) is 9.78 Å². The highest BCUT2D eigenvalue weighted by Gasteiger charge is 2.14. The van der Waals surface area contributed by atoms with Gasteiger partial charge in [-0.1, -0.05) is 0 Å². The molecule has 0 bridgehead atoms. The van der Waals surface area contributed by atoms with E-state index in [0.717, 1.165) is 17.5 Å². The molecule has 0 saturated carbocycles. The molecule has 15 heavy (non-hydrogen) atoms. The minimum Gasteiger partial charge on any atom is -0.480 e. The van der Waals surface area contributed by atoms with Crippen LogP contribution in [0, 0.1) is 6.92 Å². The van der Waals surface area contributed by atoms with Gasteiger partial charge in [0.25, 0.3) is 0 Å². The van der Waals surface area contributed by atoms with Gasteiger partial charge in [-0.05, 0) is 44.0 Å². The first-order chi connectivity index (χ1) is 7.15. The Bertz CT molecular complexity index is 339. The van der Waals surface area contributed by atoms with Crippen molar-refractivity contribution < 1.29 is 9.90 Å². The second-order valence-electron chi connectivity index (χ2n) is 3.52. The molecule has 0 radical (unpaired) electrons. The molecular formula is C11H16N2O2. The number of nitrogens with zero attached hydrogens (tertiary/aromatic N) is 1. The summed E-state index contributed by atoms with van der Waals surface area (Å²) < 4.78 is 0.